The zero-order valence-electron chi connectivity index (χ0n) is 9.29. The Morgan fingerprint density at radius 3 is 2.30 bits per heavy atom. The fraction of sp³-hybridized carbons (Fsp3) is 0.375. The minimum atomic E-state index is -5.33. The van der Waals surface area contributed by atoms with E-state index >= 15 is 0 Å². The number of aromatic nitrogens is 1. The van der Waals surface area contributed by atoms with Gasteiger partial charge in [-0.1, -0.05) is 0 Å². The van der Waals surface area contributed by atoms with Crippen LogP contribution in [0.5, 0.6) is 5.88 Å². The summed E-state index contributed by atoms with van der Waals surface area (Å²) >= 11 is 0. The Hall–Kier alpha value is -1.20. The number of halogens is 6. The first-order valence-corrected chi connectivity index (χ1v) is 6.99. The number of hydrogen-bond donors (Lipinski definition) is 1. The Morgan fingerprint density at radius 1 is 1.40 bits per heavy atom. The molecule has 1 rings (SSSR count). The Bertz CT molecular complexity index is 605. The van der Waals surface area contributed by atoms with Crippen LogP contribution in [-0.2, 0) is 15.6 Å². The Balaban J connectivity index is 3.55. The van der Waals surface area contributed by atoms with Gasteiger partial charge in [0.15, 0.2) is 5.03 Å². The molecule has 0 bridgehead atoms. The monoisotopic (exact) mass is 340 g/mol. The van der Waals surface area contributed by atoms with Crippen molar-refractivity contribution in [2.24, 2.45) is 5.73 Å². The van der Waals surface area contributed by atoms with Gasteiger partial charge in [-0.3, -0.25) is 0 Å². The Kier molecular flexibility index (Phi) is 4.77. The quantitative estimate of drug-likeness (QED) is 0.672. The molecule has 114 valence electrons. The molecule has 0 aliphatic carbocycles. The third-order valence-electron chi connectivity index (χ3n) is 1.95. The predicted octanol–water partition coefficient (Wildman–Crippen LogP) is 2.30. The highest BCUT2D eigenvalue weighted by Crippen LogP contribution is 2.34. The molecule has 0 spiro atoms. The lowest BCUT2D eigenvalue weighted by Crippen LogP contribution is -2.20. The zero-order chi connectivity index (χ0) is 15.7. The minimum absolute atomic E-state index is 0.452. The number of hydrogen-bond acceptors (Lipinski definition) is 5. The van der Waals surface area contributed by atoms with Gasteiger partial charge in [-0.05, 0) is 6.07 Å². The zero-order valence-corrected chi connectivity index (χ0v) is 10.9. The average Bonchev–Trinajstić information content (AvgIpc) is 2.24. The van der Waals surface area contributed by atoms with Crippen molar-refractivity contribution in [1.29, 1.82) is 0 Å². The molecule has 0 atom stereocenters. The fourth-order valence-electron chi connectivity index (χ4n) is 1.24. The summed E-state index contributed by atoms with van der Waals surface area (Å²) in [5.41, 5.74) is 3.43. The molecule has 0 saturated heterocycles. The van der Waals surface area contributed by atoms with Crippen LogP contribution in [0, 0.1) is 0 Å². The molecule has 1 aromatic heterocycles. The lowest BCUT2D eigenvalue weighted by Gasteiger charge is -2.14. The molecule has 0 fully saturated rings. The van der Waals surface area contributed by atoms with E-state index in [0.29, 0.717) is 6.07 Å². The molecule has 5 nitrogen and oxygen atoms in total. The van der Waals surface area contributed by atoms with E-state index in [0.717, 1.165) is 0 Å². The van der Waals surface area contributed by atoms with Crippen molar-refractivity contribution in [1.82, 2.24) is 4.98 Å². The van der Waals surface area contributed by atoms with Crippen molar-refractivity contribution in [2.75, 3.05) is 0 Å². The van der Waals surface area contributed by atoms with Gasteiger partial charge in [-0.25, -0.2) is 17.2 Å². The van der Waals surface area contributed by atoms with Gasteiger partial charge >= 0.3 is 6.36 Å². The normalized spacial score (nSPS) is 12.8. The molecule has 1 heterocycles. The summed E-state index contributed by atoms with van der Waals surface area (Å²) in [4.78, 5) is 2.90. The van der Waals surface area contributed by atoms with Crippen molar-refractivity contribution in [3.63, 3.8) is 0 Å². The van der Waals surface area contributed by atoms with E-state index in [4.69, 9.17) is 16.4 Å². The lowest BCUT2D eigenvalue weighted by atomic mass is 10.2. The average molecular weight is 341 g/mol. The van der Waals surface area contributed by atoms with Crippen molar-refractivity contribution >= 4 is 19.7 Å². The summed E-state index contributed by atoms with van der Waals surface area (Å²) in [6.45, 7) is -0.569. The summed E-state index contributed by atoms with van der Waals surface area (Å²) < 4.78 is 87.1. The summed E-state index contributed by atoms with van der Waals surface area (Å²) in [7, 11) is 0.370. The predicted molar refractivity (Wildman–Crippen MR) is 56.8 cm³/mol. The lowest BCUT2D eigenvalue weighted by molar-refractivity contribution is -0.276. The smallest absolute Gasteiger partial charge is 0.387 e. The van der Waals surface area contributed by atoms with Crippen LogP contribution in [0.15, 0.2) is 11.1 Å². The van der Waals surface area contributed by atoms with Gasteiger partial charge in [0, 0.05) is 22.8 Å². The number of nitrogens with two attached hydrogens (primary N) is 1. The third kappa shape index (κ3) is 4.15. The van der Waals surface area contributed by atoms with E-state index in [9.17, 15) is 30.4 Å². The van der Waals surface area contributed by atoms with E-state index < -0.39 is 50.4 Å². The van der Waals surface area contributed by atoms with Gasteiger partial charge in [0.1, 0.15) is 0 Å². The highest BCUT2D eigenvalue weighted by Gasteiger charge is 2.35. The van der Waals surface area contributed by atoms with Crippen molar-refractivity contribution in [2.45, 2.75) is 24.4 Å². The maximum Gasteiger partial charge on any atom is 0.574 e. The molecule has 2 N–H and O–H groups in total. The largest absolute Gasteiger partial charge is 0.574 e. The highest BCUT2D eigenvalue weighted by atomic mass is 35.7. The van der Waals surface area contributed by atoms with Gasteiger partial charge in [-0.2, -0.15) is 4.98 Å². The SMILES string of the molecule is NCc1cc(C(F)F)c(OC(F)(F)F)nc1S(=O)(=O)Cl. The van der Waals surface area contributed by atoms with Crippen LogP contribution in [0.3, 0.4) is 0 Å². The van der Waals surface area contributed by atoms with Crippen molar-refractivity contribution in [3.8, 4) is 5.88 Å². The second kappa shape index (κ2) is 5.66. The topological polar surface area (TPSA) is 82.3 Å². The molecule has 0 aromatic carbocycles. The maximum absolute atomic E-state index is 12.6. The molecule has 0 aliphatic heterocycles. The van der Waals surface area contributed by atoms with Gasteiger partial charge in [0.05, 0.1) is 5.56 Å². The number of alkyl halides is 5. The van der Waals surface area contributed by atoms with Crippen LogP contribution in [-0.4, -0.2) is 19.8 Å². The third-order valence-corrected chi connectivity index (χ3v) is 3.21. The second-order valence-corrected chi connectivity index (χ2v) is 5.82. The fourth-order valence-corrected chi connectivity index (χ4v) is 2.29. The maximum atomic E-state index is 12.6. The summed E-state index contributed by atoms with van der Waals surface area (Å²) in [5.74, 6) is -1.59. The molecule has 1 aromatic rings. The van der Waals surface area contributed by atoms with Crippen LogP contribution in [0.2, 0.25) is 0 Å². The molecule has 0 unspecified atom stereocenters. The molecular weight excluding hydrogens is 335 g/mol. The van der Waals surface area contributed by atoms with Gasteiger partial charge in [0.2, 0.25) is 5.88 Å². The molecule has 0 amide bonds. The highest BCUT2D eigenvalue weighted by molar-refractivity contribution is 8.13. The second-order valence-electron chi connectivity index (χ2n) is 3.34. The first kappa shape index (κ1) is 16.9. The van der Waals surface area contributed by atoms with Crippen LogP contribution >= 0.6 is 10.7 Å². The Morgan fingerprint density at radius 2 is 1.95 bits per heavy atom. The van der Waals surface area contributed by atoms with Gasteiger partial charge in [-0.15, -0.1) is 13.2 Å². The standard InChI is InChI=1S/C8H6ClF5N2O3S/c9-20(17,18)7-3(2-15)1-4(5(10)11)6(16-7)19-8(12,13)14/h1,5H,2,15H2. The molecule has 0 aliphatic rings. The van der Waals surface area contributed by atoms with Crippen LogP contribution in [0.1, 0.15) is 17.6 Å². The minimum Gasteiger partial charge on any atom is -0.387 e. The molecular formula is C8H6ClF5N2O3S. The van der Waals surface area contributed by atoms with Gasteiger partial charge in [0.25, 0.3) is 15.5 Å². The van der Waals surface area contributed by atoms with E-state index in [1.165, 1.54) is 0 Å². The van der Waals surface area contributed by atoms with E-state index in [-0.39, 0.29) is 0 Å². The van der Waals surface area contributed by atoms with E-state index in [2.05, 4.69) is 9.72 Å². The number of pyridine rings is 1. The molecule has 0 radical (unpaired) electrons. The molecule has 0 saturated carbocycles. The number of rotatable bonds is 4. The molecule has 20 heavy (non-hydrogen) atoms. The summed E-state index contributed by atoms with van der Waals surface area (Å²) in [5, 5.41) is -1.06. The van der Waals surface area contributed by atoms with E-state index in [1.54, 1.807) is 0 Å². The number of ether oxygens (including phenoxy) is 1. The van der Waals surface area contributed by atoms with E-state index in [1.807, 2.05) is 0 Å². The Labute approximate surface area is 113 Å². The van der Waals surface area contributed by atoms with Crippen LogP contribution < -0.4 is 10.5 Å². The van der Waals surface area contributed by atoms with Crippen LogP contribution in [0.4, 0.5) is 22.0 Å². The first-order chi connectivity index (χ1) is 8.95. The first-order valence-electron chi connectivity index (χ1n) is 4.68. The van der Waals surface area contributed by atoms with Gasteiger partial charge < -0.3 is 10.5 Å². The van der Waals surface area contributed by atoms with Crippen molar-refractivity contribution < 1.29 is 35.1 Å². The summed E-state index contributed by atoms with van der Waals surface area (Å²) in [6, 6.07) is 0.452. The van der Waals surface area contributed by atoms with Crippen molar-refractivity contribution in [3.05, 3.63) is 17.2 Å². The van der Waals surface area contributed by atoms with Crippen LogP contribution in [0.25, 0.3) is 0 Å². The summed E-state index contributed by atoms with van der Waals surface area (Å²) in [6.07, 6.45) is -8.70. The molecule has 12 heteroatoms. The number of nitrogens with zero attached hydrogens (tertiary/aromatic N) is 1.